The van der Waals surface area contributed by atoms with Crippen LogP contribution in [0.25, 0.3) is 0 Å². The summed E-state index contributed by atoms with van der Waals surface area (Å²) in [5.41, 5.74) is -1.37. The van der Waals surface area contributed by atoms with Gasteiger partial charge in [-0.15, -0.1) is 6.58 Å². The van der Waals surface area contributed by atoms with Crippen molar-refractivity contribution < 1.29 is 38.2 Å². The van der Waals surface area contributed by atoms with Gasteiger partial charge in [0, 0.05) is 13.1 Å². The third kappa shape index (κ3) is 9.13. The van der Waals surface area contributed by atoms with E-state index in [9.17, 15) is 28.8 Å². The number of ether oxygens (including phenoxy) is 2. The van der Waals surface area contributed by atoms with Crippen molar-refractivity contribution in [1.82, 2.24) is 20.9 Å². The van der Waals surface area contributed by atoms with Crippen LogP contribution in [0, 0.1) is 23.2 Å². The highest BCUT2D eigenvalue weighted by Crippen LogP contribution is 2.65. The average molecular weight is 659 g/mol. The molecule has 0 bridgehead atoms. The Balaban J connectivity index is 1.46. The van der Waals surface area contributed by atoms with Crippen LogP contribution in [0.2, 0.25) is 0 Å². The summed E-state index contributed by atoms with van der Waals surface area (Å²) in [6, 6.07) is -2.86. The van der Waals surface area contributed by atoms with Crippen molar-refractivity contribution in [3.63, 3.8) is 0 Å². The van der Waals surface area contributed by atoms with Crippen molar-refractivity contribution in [3.05, 3.63) is 12.7 Å². The molecule has 47 heavy (non-hydrogen) atoms. The molecule has 1 aliphatic heterocycles. The number of carbonyl (C=O) groups excluding carboxylic acids is 6. The predicted octanol–water partition coefficient (Wildman–Crippen LogP) is 3.57. The van der Waals surface area contributed by atoms with Gasteiger partial charge in [-0.25, -0.2) is 4.79 Å². The number of rotatable bonds is 14. The first kappa shape index (κ1) is 36.4. The van der Waals surface area contributed by atoms with E-state index in [2.05, 4.69) is 36.4 Å². The molecule has 0 radical (unpaired) electrons. The number of esters is 1. The van der Waals surface area contributed by atoms with E-state index in [0.717, 1.165) is 44.9 Å². The zero-order valence-corrected chi connectivity index (χ0v) is 28.9. The fourth-order valence-corrected chi connectivity index (χ4v) is 7.21. The summed E-state index contributed by atoms with van der Waals surface area (Å²) in [5.74, 6) is -3.17. The lowest BCUT2D eigenvalue weighted by Crippen LogP contribution is -2.59. The molecule has 0 aromatic rings. The van der Waals surface area contributed by atoms with E-state index >= 15 is 0 Å². The van der Waals surface area contributed by atoms with Crippen LogP contribution in [0.5, 0.6) is 0 Å². The number of allylic oxidation sites excluding steroid dienone is 1. The number of alkyl carbamates (subject to hydrolysis) is 1. The molecule has 2 unspecified atom stereocenters. The zero-order chi connectivity index (χ0) is 34.7. The number of hydrogen-bond acceptors (Lipinski definition) is 8. The number of likely N-dealkylation sites (tertiary alicyclic amines) is 1. The van der Waals surface area contributed by atoms with Gasteiger partial charge in [0.25, 0.3) is 5.91 Å². The number of Topliss-reactive ketones (excluding diaryl/α,β-unsaturated/α-hetero) is 1. The van der Waals surface area contributed by atoms with E-state index < -0.39 is 59.0 Å². The molecule has 4 rings (SSSR count). The summed E-state index contributed by atoms with van der Waals surface area (Å²) in [4.78, 5) is 81.0. The highest BCUT2D eigenvalue weighted by molar-refractivity contribution is 6.38. The third-order valence-electron chi connectivity index (χ3n) is 10.3. The molecule has 0 spiro atoms. The smallest absolute Gasteiger partial charge is 0.408 e. The van der Waals surface area contributed by atoms with Gasteiger partial charge >= 0.3 is 12.1 Å². The SMILES string of the molecule is C=CCCC(NC(=O)[C@@H]1[C@@H]2C(CN1C(=O)[C@@H](NC(=O)OC(C)(C)C)C1CCCCC1)C2(C)C)C(=O)C(=O)NCCC(=O)OC1(C)CC1. The highest BCUT2D eigenvalue weighted by Gasteiger charge is 2.69. The first-order chi connectivity index (χ1) is 22.0. The van der Waals surface area contributed by atoms with Crippen LogP contribution >= 0.6 is 0 Å². The maximum absolute atomic E-state index is 14.3. The van der Waals surface area contributed by atoms with Gasteiger partial charge in [0.1, 0.15) is 23.3 Å². The molecule has 1 saturated heterocycles. The monoisotopic (exact) mass is 658 g/mol. The van der Waals surface area contributed by atoms with Gasteiger partial charge in [-0.2, -0.15) is 0 Å². The lowest BCUT2D eigenvalue weighted by atomic mass is 9.83. The van der Waals surface area contributed by atoms with Crippen molar-refractivity contribution in [2.75, 3.05) is 13.1 Å². The van der Waals surface area contributed by atoms with Gasteiger partial charge in [0.05, 0.1) is 12.5 Å². The van der Waals surface area contributed by atoms with Gasteiger partial charge in [0.2, 0.25) is 17.6 Å². The summed E-state index contributed by atoms with van der Waals surface area (Å²) >= 11 is 0. The largest absolute Gasteiger partial charge is 0.459 e. The lowest BCUT2D eigenvalue weighted by Gasteiger charge is -2.37. The Kier molecular flexibility index (Phi) is 11.1. The molecule has 3 aliphatic carbocycles. The topological polar surface area (TPSA) is 160 Å². The van der Waals surface area contributed by atoms with E-state index in [1.165, 1.54) is 0 Å². The van der Waals surface area contributed by atoms with Gasteiger partial charge < -0.3 is 30.3 Å². The average Bonchev–Trinajstić information content (AvgIpc) is 3.76. The molecular formula is C35H54N4O8. The minimum Gasteiger partial charge on any atom is -0.459 e. The molecule has 5 atom stereocenters. The number of hydrogen-bond donors (Lipinski definition) is 3. The van der Waals surface area contributed by atoms with Crippen molar-refractivity contribution in [3.8, 4) is 0 Å². The van der Waals surface area contributed by atoms with Crippen LogP contribution in [-0.2, 0) is 33.4 Å². The van der Waals surface area contributed by atoms with Crippen molar-refractivity contribution in [2.24, 2.45) is 23.2 Å². The molecule has 262 valence electrons. The molecular weight excluding hydrogens is 604 g/mol. The highest BCUT2D eigenvalue weighted by atomic mass is 16.6. The van der Waals surface area contributed by atoms with Gasteiger partial charge in [-0.05, 0) is 89.4 Å². The molecule has 3 N–H and O–H groups in total. The number of carbonyl (C=O) groups is 6. The normalized spacial score (nSPS) is 25.3. The number of nitrogens with zero attached hydrogens (tertiary/aromatic N) is 1. The second kappa shape index (κ2) is 14.4. The lowest BCUT2D eigenvalue weighted by molar-refractivity contribution is -0.150. The van der Waals surface area contributed by atoms with Crippen LogP contribution in [0.4, 0.5) is 4.79 Å². The zero-order valence-electron chi connectivity index (χ0n) is 28.9. The van der Waals surface area contributed by atoms with Gasteiger partial charge in [-0.3, -0.25) is 24.0 Å². The second-order valence-electron chi connectivity index (χ2n) is 15.6. The Morgan fingerprint density at radius 3 is 2.26 bits per heavy atom. The third-order valence-corrected chi connectivity index (χ3v) is 10.3. The Morgan fingerprint density at radius 2 is 1.66 bits per heavy atom. The van der Waals surface area contributed by atoms with Crippen LogP contribution in [0.15, 0.2) is 12.7 Å². The summed E-state index contributed by atoms with van der Waals surface area (Å²) < 4.78 is 10.9. The fraction of sp³-hybridized carbons (Fsp3) is 0.771. The van der Waals surface area contributed by atoms with E-state index in [0.29, 0.717) is 13.0 Å². The van der Waals surface area contributed by atoms with Crippen molar-refractivity contribution in [1.29, 1.82) is 0 Å². The Morgan fingerprint density at radius 1 is 1.00 bits per heavy atom. The molecule has 0 aromatic carbocycles. The number of nitrogens with one attached hydrogen (secondary N) is 3. The quantitative estimate of drug-likeness (QED) is 0.145. The maximum Gasteiger partial charge on any atom is 0.408 e. The predicted molar refractivity (Wildman–Crippen MR) is 174 cm³/mol. The number of fused-ring (bicyclic) bond motifs is 1. The van der Waals surface area contributed by atoms with Gasteiger partial charge in [-0.1, -0.05) is 39.2 Å². The Labute approximate surface area is 278 Å². The van der Waals surface area contributed by atoms with Crippen LogP contribution in [-0.4, -0.2) is 82.9 Å². The summed E-state index contributed by atoms with van der Waals surface area (Å²) in [6.07, 6.45) is 7.47. The van der Waals surface area contributed by atoms with E-state index in [4.69, 9.17) is 9.47 Å². The Bertz CT molecular complexity index is 1250. The summed E-state index contributed by atoms with van der Waals surface area (Å²) in [6.45, 7) is 15.2. The molecule has 4 fully saturated rings. The maximum atomic E-state index is 14.3. The first-order valence-electron chi connectivity index (χ1n) is 17.2. The van der Waals surface area contributed by atoms with Crippen molar-refractivity contribution >= 4 is 35.6 Å². The van der Waals surface area contributed by atoms with E-state index in [1.807, 2.05) is 6.92 Å². The minimum absolute atomic E-state index is 0.0718. The fourth-order valence-electron chi connectivity index (χ4n) is 7.21. The minimum atomic E-state index is -1.15. The number of amides is 4. The van der Waals surface area contributed by atoms with Crippen LogP contribution in [0.3, 0.4) is 0 Å². The molecule has 3 saturated carbocycles. The first-order valence-corrected chi connectivity index (χ1v) is 17.2. The molecule has 1 heterocycles. The van der Waals surface area contributed by atoms with E-state index in [-0.39, 0.29) is 48.5 Å². The van der Waals surface area contributed by atoms with Gasteiger partial charge in [0.15, 0.2) is 0 Å². The number of piperidine rings is 1. The Hall–Kier alpha value is -3.44. The molecule has 4 aliphatic rings. The molecule has 12 heteroatoms. The van der Waals surface area contributed by atoms with Crippen molar-refractivity contribution in [2.45, 2.75) is 135 Å². The number of ketones is 1. The summed E-state index contributed by atoms with van der Waals surface area (Å²) in [7, 11) is 0. The standard InChI is InChI=1S/C35H54N4O8/c1-8-9-15-23(28(41)30(43)36-19-16-24(40)46-35(7)17-18-35)37-29(42)27-25-22(34(25,5)6)20-39(27)31(44)26(21-13-11-10-12-14-21)38-32(45)47-33(2,3)4/h8,21-23,25-27H,1,9-20H2,2-7H3,(H,36,43)(H,37,42)(H,38,45)/t22?,23?,25-,26-,27-/m0/s1. The van der Waals surface area contributed by atoms with E-state index in [1.54, 1.807) is 31.7 Å². The second-order valence-corrected chi connectivity index (χ2v) is 15.6. The summed E-state index contributed by atoms with van der Waals surface area (Å²) in [5, 5.41) is 8.11. The van der Waals surface area contributed by atoms with Crippen LogP contribution in [0.1, 0.15) is 106 Å². The molecule has 12 nitrogen and oxygen atoms in total. The molecule has 0 aromatic heterocycles. The molecule has 4 amide bonds. The van der Waals surface area contributed by atoms with Crippen LogP contribution < -0.4 is 16.0 Å².